The Hall–Kier alpha value is -2.21. The minimum atomic E-state index is -0.872. The summed E-state index contributed by atoms with van der Waals surface area (Å²) < 4.78 is 0. The molecule has 0 aliphatic heterocycles. The Balaban J connectivity index is 3.87. The highest BCUT2D eigenvalue weighted by molar-refractivity contribution is 5.76. The van der Waals surface area contributed by atoms with Crippen molar-refractivity contribution in [3.8, 4) is 0 Å². The second kappa shape index (κ2) is 30.7. The Bertz CT molecular complexity index is 766. The summed E-state index contributed by atoms with van der Waals surface area (Å²) >= 11 is 0. The van der Waals surface area contributed by atoms with E-state index in [0.717, 1.165) is 51.4 Å². The van der Waals surface area contributed by atoms with Gasteiger partial charge in [0, 0.05) is 6.42 Å². The molecule has 41 heavy (non-hydrogen) atoms. The van der Waals surface area contributed by atoms with E-state index in [4.69, 9.17) is 0 Å². The second-order valence-corrected chi connectivity index (χ2v) is 10.7. The van der Waals surface area contributed by atoms with E-state index in [0.29, 0.717) is 6.42 Å². The number of rotatable bonds is 27. The minimum absolute atomic E-state index is 0.139. The second-order valence-electron chi connectivity index (χ2n) is 10.7. The van der Waals surface area contributed by atoms with Gasteiger partial charge in [-0.2, -0.15) is 0 Å². The number of carbonyl (C=O) groups excluding carboxylic acids is 1. The first-order valence-corrected chi connectivity index (χ1v) is 16.3. The van der Waals surface area contributed by atoms with Gasteiger partial charge in [0.25, 0.3) is 0 Å². The molecule has 234 valence electrons. The normalized spacial score (nSPS) is 15.0. The molecule has 5 heteroatoms. The summed E-state index contributed by atoms with van der Waals surface area (Å²) in [6.45, 7) is 3.91. The van der Waals surface area contributed by atoms with Crippen molar-refractivity contribution < 1.29 is 20.1 Å². The number of nitrogens with one attached hydrogen (secondary N) is 1. The van der Waals surface area contributed by atoms with E-state index >= 15 is 0 Å². The Morgan fingerprint density at radius 2 is 1.22 bits per heavy atom. The van der Waals surface area contributed by atoms with Gasteiger partial charge in [0.2, 0.25) is 5.91 Å². The fourth-order valence-electron chi connectivity index (χ4n) is 4.16. The van der Waals surface area contributed by atoms with Crippen LogP contribution < -0.4 is 5.32 Å². The molecule has 0 saturated heterocycles. The summed E-state index contributed by atoms with van der Waals surface area (Å²) in [6, 6.07) is -0.663. The lowest BCUT2D eigenvalue weighted by atomic mass is 10.1. The average Bonchev–Trinajstić information content (AvgIpc) is 2.98. The predicted octanol–water partition coefficient (Wildman–Crippen LogP) is 8.19. The molecule has 0 fully saturated rings. The quantitative estimate of drug-likeness (QED) is 0.0454. The van der Waals surface area contributed by atoms with Gasteiger partial charge in [-0.25, -0.2) is 0 Å². The van der Waals surface area contributed by atoms with Crippen LogP contribution in [-0.4, -0.2) is 46.1 Å². The molecule has 0 rings (SSSR count). The average molecular weight is 572 g/mol. The third-order valence-corrected chi connectivity index (χ3v) is 6.85. The first-order chi connectivity index (χ1) is 20.0. The lowest BCUT2D eigenvalue weighted by Crippen LogP contribution is -2.45. The van der Waals surface area contributed by atoms with E-state index < -0.39 is 12.1 Å². The van der Waals surface area contributed by atoms with Crippen LogP contribution in [0.2, 0.25) is 0 Å². The molecule has 0 bridgehead atoms. The first kappa shape index (κ1) is 38.8. The van der Waals surface area contributed by atoms with Crippen molar-refractivity contribution in [2.75, 3.05) is 6.61 Å². The summed E-state index contributed by atoms with van der Waals surface area (Å²) in [5.74, 6) is -0.139. The van der Waals surface area contributed by atoms with Gasteiger partial charge >= 0.3 is 0 Å². The van der Waals surface area contributed by atoms with Gasteiger partial charge in [-0.05, 0) is 51.4 Å². The van der Waals surface area contributed by atoms with Crippen molar-refractivity contribution in [3.05, 3.63) is 72.9 Å². The summed E-state index contributed by atoms with van der Waals surface area (Å²) in [7, 11) is 0. The van der Waals surface area contributed by atoms with Crippen LogP contribution in [0, 0.1) is 0 Å². The lowest BCUT2D eigenvalue weighted by Gasteiger charge is -2.19. The number of allylic oxidation sites excluding steroid dienone is 10. The Morgan fingerprint density at radius 1 is 0.659 bits per heavy atom. The monoisotopic (exact) mass is 571 g/mol. The van der Waals surface area contributed by atoms with Crippen LogP contribution >= 0.6 is 0 Å². The molecule has 0 aliphatic carbocycles. The van der Waals surface area contributed by atoms with E-state index in [9.17, 15) is 20.1 Å². The molecule has 0 spiro atoms. The molecule has 0 aromatic heterocycles. The number of unbranched alkanes of at least 4 members (excludes halogenated alkanes) is 10. The van der Waals surface area contributed by atoms with Crippen LogP contribution in [0.3, 0.4) is 0 Å². The van der Waals surface area contributed by atoms with Crippen molar-refractivity contribution in [1.82, 2.24) is 5.32 Å². The number of aliphatic hydroxyl groups is 3. The molecular formula is C36H61NO4. The smallest absolute Gasteiger partial charge is 0.220 e. The zero-order valence-electron chi connectivity index (χ0n) is 26.1. The van der Waals surface area contributed by atoms with Gasteiger partial charge in [-0.3, -0.25) is 4.79 Å². The topological polar surface area (TPSA) is 89.8 Å². The number of carbonyl (C=O) groups is 1. The molecule has 0 heterocycles. The molecule has 0 unspecified atom stereocenters. The molecule has 0 aromatic rings. The van der Waals surface area contributed by atoms with Gasteiger partial charge in [0.1, 0.15) is 0 Å². The van der Waals surface area contributed by atoms with E-state index in [1.54, 1.807) is 12.2 Å². The van der Waals surface area contributed by atoms with E-state index in [1.165, 1.54) is 51.4 Å². The Labute approximate surface area is 251 Å². The number of hydrogen-bond donors (Lipinski definition) is 4. The zero-order valence-corrected chi connectivity index (χ0v) is 26.1. The maximum atomic E-state index is 12.2. The third-order valence-electron chi connectivity index (χ3n) is 6.85. The third kappa shape index (κ3) is 27.7. The van der Waals surface area contributed by atoms with Crippen molar-refractivity contribution in [1.29, 1.82) is 0 Å². The van der Waals surface area contributed by atoms with Crippen LogP contribution in [0.1, 0.15) is 123 Å². The van der Waals surface area contributed by atoms with Gasteiger partial charge in [0.15, 0.2) is 0 Å². The molecule has 1 amide bonds. The molecule has 0 saturated carbocycles. The SMILES string of the molecule is CCCCCCCCCCC/C=C/[C@@H](O)[C@H](CO)NC(=O)CCC/C=C\C/C=C\C/C=C\C/C=C\C=C\[C@H](O)CC. The zero-order chi connectivity index (χ0) is 30.2. The van der Waals surface area contributed by atoms with Crippen molar-refractivity contribution >= 4 is 5.91 Å². The fourth-order valence-corrected chi connectivity index (χ4v) is 4.16. The maximum Gasteiger partial charge on any atom is 0.220 e. The minimum Gasteiger partial charge on any atom is -0.394 e. The first-order valence-electron chi connectivity index (χ1n) is 16.3. The van der Waals surface area contributed by atoms with E-state index in [2.05, 4.69) is 54.8 Å². The van der Waals surface area contributed by atoms with Crippen LogP contribution in [0.5, 0.6) is 0 Å². The van der Waals surface area contributed by atoms with Gasteiger partial charge in [0.05, 0.1) is 24.9 Å². The largest absolute Gasteiger partial charge is 0.394 e. The van der Waals surface area contributed by atoms with Gasteiger partial charge < -0.3 is 20.6 Å². The van der Waals surface area contributed by atoms with Crippen molar-refractivity contribution in [3.63, 3.8) is 0 Å². The van der Waals surface area contributed by atoms with Crippen LogP contribution in [0.4, 0.5) is 0 Å². The van der Waals surface area contributed by atoms with Crippen molar-refractivity contribution in [2.24, 2.45) is 0 Å². The highest BCUT2D eigenvalue weighted by atomic mass is 16.3. The highest BCUT2D eigenvalue weighted by Gasteiger charge is 2.17. The molecule has 5 nitrogen and oxygen atoms in total. The van der Waals surface area contributed by atoms with Crippen LogP contribution in [0.25, 0.3) is 0 Å². The standard InChI is InChI=1S/C36H61NO4/c1-3-5-6-7-8-9-14-18-21-24-27-30-35(40)34(32-38)37-36(41)31-28-25-22-19-16-13-11-10-12-15-17-20-23-26-29-33(39)4-2/h11-13,15,19-20,22-23,26-27,29-30,33-35,38-40H,3-10,14,16-18,21,24-25,28,31-32H2,1-2H3,(H,37,41)/b13-11-,15-12-,22-19-,23-20-,29-26+,30-27+/t33-,34+,35-/m1/s1. The fraction of sp³-hybridized carbons (Fsp3) is 0.639. The number of hydrogen-bond acceptors (Lipinski definition) is 4. The molecular weight excluding hydrogens is 510 g/mol. The molecule has 0 aromatic carbocycles. The molecule has 3 atom stereocenters. The summed E-state index contributed by atoms with van der Waals surface area (Å²) in [5.41, 5.74) is 0. The summed E-state index contributed by atoms with van der Waals surface area (Å²) in [6.07, 6.45) is 40.7. The summed E-state index contributed by atoms with van der Waals surface area (Å²) in [5, 5.41) is 32.1. The van der Waals surface area contributed by atoms with Gasteiger partial charge in [-0.15, -0.1) is 0 Å². The van der Waals surface area contributed by atoms with Crippen molar-refractivity contribution in [2.45, 2.75) is 141 Å². The summed E-state index contributed by atoms with van der Waals surface area (Å²) in [4.78, 5) is 12.2. The van der Waals surface area contributed by atoms with Gasteiger partial charge in [-0.1, -0.05) is 138 Å². The molecule has 0 radical (unpaired) electrons. The molecule has 0 aliphatic rings. The number of aliphatic hydroxyl groups excluding tert-OH is 3. The molecule has 4 N–H and O–H groups in total. The number of amides is 1. The Morgan fingerprint density at radius 3 is 1.83 bits per heavy atom. The van der Waals surface area contributed by atoms with Crippen LogP contribution in [0.15, 0.2) is 72.9 Å². The lowest BCUT2D eigenvalue weighted by molar-refractivity contribution is -0.122. The van der Waals surface area contributed by atoms with E-state index in [1.807, 2.05) is 25.2 Å². The Kier molecular flexibility index (Phi) is 29.1. The predicted molar refractivity (Wildman–Crippen MR) is 176 cm³/mol. The highest BCUT2D eigenvalue weighted by Crippen LogP contribution is 2.11. The maximum absolute atomic E-state index is 12.2. The van der Waals surface area contributed by atoms with Crippen LogP contribution in [-0.2, 0) is 4.79 Å². The van der Waals surface area contributed by atoms with E-state index in [-0.39, 0.29) is 18.6 Å².